The number of nitrogens with zero attached hydrogens (tertiary/aromatic N) is 1. The summed E-state index contributed by atoms with van der Waals surface area (Å²) < 4.78 is 0. The molecule has 18 heavy (non-hydrogen) atoms. The SMILES string of the molecule is CCCN(CC)CC1CC(C)(C)CCC1NCC. The largest absolute Gasteiger partial charge is 0.314 e. The minimum atomic E-state index is 0.544. The first-order valence-electron chi connectivity index (χ1n) is 7.98. The Bertz CT molecular complexity index is 225. The first-order valence-corrected chi connectivity index (χ1v) is 7.98. The van der Waals surface area contributed by atoms with E-state index in [1.807, 2.05) is 0 Å². The number of hydrogen-bond acceptors (Lipinski definition) is 2. The minimum Gasteiger partial charge on any atom is -0.314 e. The summed E-state index contributed by atoms with van der Waals surface area (Å²) in [6.07, 6.45) is 5.39. The second kappa shape index (κ2) is 7.49. The van der Waals surface area contributed by atoms with Crippen LogP contribution in [0.1, 0.15) is 60.3 Å². The fraction of sp³-hybridized carbons (Fsp3) is 1.00. The van der Waals surface area contributed by atoms with Crippen LogP contribution in [0.3, 0.4) is 0 Å². The average Bonchev–Trinajstić information content (AvgIpc) is 2.31. The molecule has 2 nitrogen and oxygen atoms in total. The summed E-state index contributed by atoms with van der Waals surface area (Å²) in [6, 6.07) is 0.744. The van der Waals surface area contributed by atoms with E-state index in [1.54, 1.807) is 0 Å². The maximum atomic E-state index is 3.72. The van der Waals surface area contributed by atoms with Crippen molar-refractivity contribution in [2.24, 2.45) is 11.3 Å². The van der Waals surface area contributed by atoms with Crippen molar-refractivity contribution in [2.75, 3.05) is 26.2 Å². The Labute approximate surface area is 115 Å². The Morgan fingerprint density at radius 2 is 1.94 bits per heavy atom. The summed E-state index contributed by atoms with van der Waals surface area (Å²) in [5.74, 6) is 0.834. The molecular formula is C16H34N2. The number of hydrogen-bond donors (Lipinski definition) is 1. The van der Waals surface area contributed by atoms with E-state index in [4.69, 9.17) is 0 Å². The van der Waals surface area contributed by atoms with E-state index >= 15 is 0 Å². The van der Waals surface area contributed by atoms with E-state index in [2.05, 4.69) is 44.8 Å². The predicted octanol–water partition coefficient (Wildman–Crippen LogP) is 3.52. The number of nitrogens with one attached hydrogen (secondary N) is 1. The molecule has 1 fully saturated rings. The lowest BCUT2D eigenvalue weighted by molar-refractivity contribution is 0.102. The van der Waals surface area contributed by atoms with Crippen LogP contribution in [0.4, 0.5) is 0 Å². The lowest BCUT2D eigenvalue weighted by atomic mass is 9.69. The van der Waals surface area contributed by atoms with E-state index in [-0.39, 0.29) is 0 Å². The fourth-order valence-corrected chi connectivity index (χ4v) is 3.49. The van der Waals surface area contributed by atoms with Crippen molar-refractivity contribution in [2.45, 2.75) is 66.3 Å². The second-order valence-electron chi connectivity index (χ2n) is 6.72. The van der Waals surface area contributed by atoms with Crippen molar-refractivity contribution >= 4 is 0 Å². The molecule has 0 heterocycles. The zero-order valence-corrected chi connectivity index (χ0v) is 13.3. The van der Waals surface area contributed by atoms with Gasteiger partial charge in [0.1, 0.15) is 0 Å². The molecule has 0 saturated heterocycles. The third-order valence-electron chi connectivity index (χ3n) is 4.46. The summed E-state index contributed by atoms with van der Waals surface area (Å²) in [4.78, 5) is 2.64. The van der Waals surface area contributed by atoms with Gasteiger partial charge < -0.3 is 10.2 Å². The topological polar surface area (TPSA) is 15.3 Å². The average molecular weight is 254 g/mol. The minimum absolute atomic E-state index is 0.544. The van der Waals surface area contributed by atoms with Crippen molar-refractivity contribution < 1.29 is 0 Å². The molecule has 0 aromatic heterocycles. The molecule has 1 rings (SSSR count). The first kappa shape index (κ1) is 16.0. The highest BCUT2D eigenvalue weighted by atomic mass is 15.1. The van der Waals surface area contributed by atoms with Gasteiger partial charge in [0.05, 0.1) is 0 Å². The van der Waals surface area contributed by atoms with Gasteiger partial charge in [0.25, 0.3) is 0 Å². The highest BCUT2D eigenvalue weighted by molar-refractivity contribution is 4.90. The van der Waals surface area contributed by atoms with Crippen LogP contribution in [-0.2, 0) is 0 Å². The van der Waals surface area contributed by atoms with Crippen LogP contribution in [0, 0.1) is 11.3 Å². The molecule has 1 N–H and O–H groups in total. The Morgan fingerprint density at radius 1 is 1.22 bits per heavy atom. The molecule has 1 aliphatic rings. The van der Waals surface area contributed by atoms with Crippen LogP contribution in [0.15, 0.2) is 0 Å². The Kier molecular flexibility index (Phi) is 6.65. The molecule has 1 aliphatic carbocycles. The van der Waals surface area contributed by atoms with E-state index in [0.717, 1.165) is 18.5 Å². The molecule has 2 atom stereocenters. The summed E-state index contributed by atoms with van der Waals surface area (Å²) in [7, 11) is 0. The van der Waals surface area contributed by atoms with Gasteiger partial charge in [-0.15, -0.1) is 0 Å². The normalized spacial score (nSPS) is 27.7. The summed E-state index contributed by atoms with van der Waals surface area (Å²) in [6.45, 7) is 16.6. The van der Waals surface area contributed by atoms with Crippen molar-refractivity contribution in [3.05, 3.63) is 0 Å². The standard InChI is InChI=1S/C16H34N2/c1-6-11-18(8-3)13-14-12-16(4,5)10-9-15(14)17-7-2/h14-15,17H,6-13H2,1-5H3. The maximum absolute atomic E-state index is 3.72. The highest BCUT2D eigenvalue weighted by Gasteiger charge is 2.34. The van der Waals surface area contributed by atoms with Crippen LogP contribution in [0.25, 0.3) is 0 Å². The summed E-state index contributed by atoms with van der Waals surface area (Å²) in [5.41, 5.74) is 0.544. The molecule has 0 aromatic rings. The van der Waals surface area contributed by atoms with E-state index in [1.165, 1.54) is 45.3 Å². The summed E-state index contributed by atoms with van der Waals surface area (Å²) in [5, 5.41) is 3.72. The van der Waals surface area contributed by atoms with Gasteiger partial charge in [-0.25, -0.2) is 0 Å². The van der Waals surface area contributed by atoms with Crippen molar-refractivity contribution in [1.82, 2.24) is 10.2 Å². The van der Waals surface area contributed by atoms with Crippen molar-refractivity contribution in [3.63, 3.8) is 0 Å². The molecule has 0 spiro atoms. The summed E-state index contributed by atoms with van der Waals surface area (Å²) >= 11 is 0. The van der Waals surface area contributed by atoms with E-state index in [0.29, 0.717) is 5.41 Å². The molecule has 0 amide bonds. The van der Waals surface area contributed by atoms with Gasteiger partial charge in [-0.2, -0.15) is 0 Å². The fourth-order valence-electron chi connectivity index (χ4n) is 3.49. The third-order valence-corrected chi connectivity index (χ3v) is 4.46. The molecule has 0 aliphatic heterocycles. The zero-order chi connectivity index (χ0) is 13.6. The van der Waals surface area contributed by atoms with E-state index in [9.17, 15) is 0 Å². The lowest BCUT2D eigenvalue weighted by Crippen LogP contribution is -2.47. The van der Waals surface area contributed by atoms with Gasteiger partial charge in [0.15, 0.2) is 0 Å². The van der Waals surface area contributed by atoms with Gasteiger partial charge in [-0.3, -0.25) is 0 Å². The van der Waals surface area contributed by atoms with E-state index < -0.39 is 0 Å². The lowest BCUT2D eigenvalue weighted by Gasteiger charge is -2.43. The van der Waals surface area contributed by atoms with Gasteiger partial charge in [-0.1, -0.05) is 34.6 Å². The van der Waals surface area contributed by atoms with Gasteiger partial charge in [-0.05, 0) is 56.7 Å². The Balaban J connectivity index is 2.59. The highest BCUT2D eigenvalue weighted by Crippen LogP contribution is 2.39. The van der Waals surface area contributed by atoms with Crippen LogP contribution < -0.4 is 5.32 Å². The van der Waals surface area contributed by atoms with Crippen LogP contribution >= 0.6 is 0 Å². The zero-order valence-electron chi connectivity index (χ0n) is 13.3. The Hall–Kier alpha value is -0.0800. The number of rotatable bonds is 7. The van der Waals surface area contributed by atoms with Crippen molar-refractivity contribution in [3.8, 4) is 0 Å². The molecule has 2 unspecified atom stereocenters. The third kappa shape index (κ3) is 4.89. The smallest absolute Gasteiger partial charge is 0.0108 e. The molecule has 0 radical (unpaired) electrons. The van der Waals surface area contributed by atoms with Crippen LogP contribution in [0.2, 0.25) is 0 Å². The van der Waals surface area contributed by atoms with Crippen LogP contribution in [0.5, 0.6) is 0 Å². The predicted molar refractivity (Wildman–Crippen MR) is 81.0 cm³/mol. The molecule has 2 heteroatoms. The Morgan fingerprint density at radius 3 is 2.50 bits per heavy atom. The molecule has 108 valence electrons. The molecule has 0 bridgehead atoms. The first-order chi connectivity index (χ1) is 8.52. The van der Waals surface area contributed by atoms with Crippen molar-refractivity contribution in [1.29, 1.82) is 0 Å². The molecular weight excluding hydrogens is 220 g/mol. The van der Waals surface area contributed by atoms with Gasteiger partial charge in [0.2, 0.25) is 0 Å². The molecule has 0 aromatic carbocycles. The quantitative estimate of drug-likeness (QED) is 0.748. The second-order valence-corrected chi connectivity index (χ2v) is 6.72. The van der Waals surface area contributed by atoms with Crippen LogP contribution in [-0.4, -0.2) is 37.1 Å². The van der Waals surface area contributed by atoms with Gasteiger partial charge in [0, 0.05) is 12.6 Å². The molecule has 1 saturated carbocycles. The monoisotopic (exact) mass is 254 g/mol. The maximum Gasteiger partial charge on any atom is 0.0108 e. The van der Waals surface area contributed by atoms with Gasteiger partial charge >= 0.3 is 0 Å².